The first-order chi connectivity index (χ1) is 11.0. The quantitative estimate of drug-likeness (QED) is 0.848. The van der Waals surface area contributed by atoms with E-state index < -0.39 is 5.78 Å². The van der Waals surface area contributed by atoms with Crippen LogP contribution >= 0.6 is 0 Å². The largest absolute Gasteiger partial charge is 0.497 e. The van der Waals surface area contributed by atoms with Gasteiger partial charge in [-0.2, -0.15) is 0 Å². The number of rotatable bonds is 3. The molecule has 0 aliphatic carbocycles. The molecule has 0 aromatic heterocycles. The summed E-state index contributed by atoms with van der Waals surface area (Å²) in [5.41, 5.74) is 1.26. The fourth-order valence-electron chi connectivity index (χ4n) is 2.52. The van der Waals surface area contributed by atoms with Gasteiger partial charge >= 0.3 is 0 Å². The molecule has 6 heteroatoms. The van der Waals surface area contributed by atoms with Crippen LogP contribution in [0, 0.1) is 0 Å². The lowest BCUT2D eigenvalue weighted by atomic mass is 10.0. The first-order valence-corrected chi connectivity index (χ1v) is 7.01. The van der Waals surface area contributed by atoms with Crippen LogP contribution in [0.4, 0.5) is 11.4 Å². The molecular formula is C17H16N2O4. The van der Waals surface area contributed by atoms with Gasteiger partial charge in [0.25, 0.3) is 0 Å². The molecule has 3 rings (SSSR count). The van der Waals surface area contributed by atoms with E-state index in [1.165, 1.54) is 7.11 Å². The summed E-state index contributed by atoms with van der Waals surface area (Å²) in [6.07, 6.45) is 0. The molecule has 0 saturated heterocycles. The lowest BCUT2D eigenvalue weighted by molar-refractivity contribution is 0.100. The summed E-state index contributed by atoms with van der Waals surface area (Å²) in [5.74, 6) is 0.111. The standard InChI is InChI=1S/C17H16N2O4/c1-11-16(17(20)12-6-4-3-5-7-12)19(22)15-10-13(23-2)8-9-14(15)18(11)21/h3-10,21-22H,1-2H3. The van der Waals surface area contributed by atoms with Crippen molar-refractivity contribution in [3.8, 4) is 5.75 Å². The van der Waals surface area contributed by atoms with E-state index in [4.69, 9.17) is 4.74 Å². The monoisotopic (exact) mass is 312 g/mol. The van der Waals surface area contributed by atoms with Crippen molar-refractivity contribution in [1.82, 2.24) is 0 Å². The Morgan fingerprint density at radius 3 is 2.35 bits per heavy atom. The Balaban J connectivity index is 2.10. The number of hydroxylamine groups is 2. The van der Waals surface area contributed by atoms with E-state index >= 15 is 0 Å². The predicted octanol–water partition coefficient (Wildman–Crippen LogP) is 3.21. The number of Topliss-reactive ketones (excluding diaryl/α,β-unsaturated/α-hetero) is 1. The molecule has 0 unspecified atom stereocenters. The highest BCUT2D eigenvalue weighted by Gasteiger charge is 2.32. The van der Waals surface area contributed by atoms with Crippen LogP contribution in [0.5, 0.6) is 5.75 Å². The number of hydrogen-bond acceptors (Lipinski definition) is 6. The first-order valence-electron chi connectivity index (χ1n) is 7.01. The second-order valence-electron chi connectivity index (χ2n) is 5.11. The fraction of sp³-hybridized carbons (Fsp3) is 0.118. The number of ketones is 1. The van der Waals surface area contributed by atoms with Crippen molar-refractivity contribution in [2.75, 3.05) is 17.2 Å². The minimum atomic E-state index is -0.391. The Morgan fingerprint density at radius 1 is 1.00 bits per heavy atom. The van der Waals surface area contributed by atoms with Crippen molar-refractivity contribution >= 4 is 17.2 Å². The third kappa shape index (κ3) is 2.44. The molecule has 23 heavy (non-hydrogen) atoms. The van der Waals surface area contributed by atoms with Gasteiger partial charge < -0.3 is 4.74 Å². The molecule has 2 aromatic carbocycles. The van der Waals surface area contributed by atoms with Crippen LogP contribution < -0.4 is 14.9 Å². The summed E-state index contributed by atoms with van der Waals surface area (Å²) in [4.78, 5) is 12.7. The Labute approximate surface area is 133 Å². The number of anilines is 2. The van der Waals surface area contributed by atoms with E-state index in [0.717, 1.165) is 10.1 Å². The number of hydrogen-bond donors (Lipinski definition) is 2. The van der Waals surface area contributed by atoms with Gasteiger partial charge in [0.15, 0.2) is 0 Å². The molecule has 0 atom stereocenters. The summed E-state index contributed by atoms with van der Waals surface area (Å²) < 4.78 is 5.13. The number of carbonyl (C=O) groups is 1. The van der Waals surface area contributed by atoms with Gasteiger partial charge in [0.05, 0.1) is 24.2 Å². The number of carbonyl (C=O) groups excluding carboxylic acids is 1. The Bertz CT molecular complexity index is 786. The Kier molecular flexibility index (Phi) is 3.77. The minimum absolute atomic E-state index is 0.0144. The van der Waals surface area contributed by atoms with Crippen molar-refractivity contribution in [2.45, 2.75) is 6.92 Å². The highest BCUT2D eigenvalue weighted by atomic mass is 16.5. The molecule has 2 aromatic rings. The molecule has 1 aliphatic heterocycles. The summed E-state index contributed by atoms with van der Waals surface area (Å²) in [6, 6.07) is 13.4. The number of nitrogens with zero attached hydrogens (tertiary/aromatic N) is 2. The minimum Gasteiger partial charge on any atom is -0.497 e. The van der Waals surface area contributed by atoms with Gasteiger partial charge in [-0.15, -0.1) is 0 Å². The molecular weight excluding hydrogens is 296 g/mol. The van der Waals surface area contributed by atoms with Crippen LogP contribution in [0.1, 0.15) is 17.3 Å². The molecule has 2 N–H and O–H groups in total. The Morgan fingerprint density at radius 2 is 1.70 bits per heavy atom. The van der Waals surface area contributed by atoms with Crippen molar-refractivity contribution < 1.29 is 19.9 Å². The molecule has 0 saturated carbocycles. The number of methoxy groups -OCH3 is 1. The lowest BCUT2D eigenvalue weighted by Crippen LogP contribution is -2.35. The topological polar surface area (TPSA) is 73.2 Å². The average molecular weight is 312 g/mol. The summed E-state index contributed by atoms with van der Waals surface area (Å²) in [5, 5.41) is 22.5. The van der Waals surface area contributed by atoms with Crippen LogP contribution in [0.15, 0.2) is 59.9 Å². The zero-order valence-electron chi connectivity index (χ0n) is 12.7. The molecule has 118 valence electrons. The van der Waals surface area contributed by atoms with E-state index in [1.54, 1.807) is 55.5 Å². The second-order valence-corrected chi connectivity index (χ2v) is 5.11. The lowest BCUT2D eigenvalue weighted by Gasteiger charge is -2.33. The highest BCUT2D eigenvalue weighted by molar-refractivity contribution is 6.12. The normalized spacial score (nSPS) is 13.9. The van der Waals surface area contributed by atoms with Crippen LogP contribution in [0.25, 0.3) is 0 Å². The molecule has 1 aliphatic rings. The average Bonchev–Trinajstić information content (AvgIpc) is 2.60. The molecule has 0 bridgehead atoms. The molecule has 0 spiro atoms. The SMILES string of the molecule is COc1ccc2c(c1)N(O)C(C(=O)c1ccccc1)=C(C)N2O. The summed E-state index contributed by atoms with van der Waals surface area (Å²) in [7, 11) is 1.50. The van der Waals surface area contributed by atoms with Crippen LogP contribution in [-0.2, 0) is 0 Å². The number of ether oxygens (including phenoxy) is 1. The van der Waals surface area contributed by atoms with Gasteiger partial charge in [-0.3, -0.25) is 15.2 Å². The fourth-order valence-corrected chi connectivity index (χ4v) is 2.52. The number of allylic oxidation sites excluding steroid dienone is 2. The van der Waals surface area contributed by atoms with Crippen LogP contribution in [0.2, 0.25) is 0 Å². The zero-order chi connectivity index (χ0) is 16.6. The second kappa shape index (κ2) is 5.75. The van der Waals surface area contributed by atoms with Crippen LogP contribution in [-0.4, -0.2) is 23.3 Å². The van der Waals surface area contributed by atoms with E-state index in [-0.39, 0.29) is 17.1 Å². The summed E-state index contributed by atoms with van der Waals surface area (Å²) in [6.45, 7) is 1.56. The maximum atomic E-state index is 12.7. The van der Waals surface area contributed by atoms with Crippen molar-refractivity contribution in [3.05, 3.63) is 65.5 Å². The third-order valence-corrected chi connectivity index (χ3v) is 3.76. The number of benzene rings is 2. The molecule has 0 amide bonds. The van der Waals surface area contributed by atoms with E-state index in [0.29, 0.717) is 17.0 Å². The van der Waals surface area contributed by atoms with E-state index in [1.807, 2.05) is 0 Å². The highest BCUT2D eigenvalue weighted by Crippen LogP contribution is 2.40. The van der Waals surface area contributed by atoms with Gasteiger partial charge in [-0.25, -0.2) is 10.1 Å². The zero-order valence-corrected chi connectivity index (χ0v) is 12.7. The van der Waals surface area contributed by atoms with Gasteiger partial charge in [0.1, 0.15) is 11.4 Å². The molecule has 1 heterocycles. The Hall–Kier alpha value is -2.83. The van der Waals surface area contributed by atoms with Gasteiger partial charge in [-0.05, 0) is 19.1 Å². The maximum absolute atomic E-state index is 12.7. The molecule has 6 nitrogen and oxygen atoms in total. The van der Waals surface area contributed by atoms with E-state index in [2.05, 4.69) is 0 Å². The van der Waals surface area contributed by atoms with Crippen LogP contribution in [0.3, 0.4) is 0 Å². The maximum Gasteiger partial charge on any atom is 0.213 e. The summed E-state index contributed by atoms with van der Waals surface area (Å²) >= 11 is 0. The predicted molar refractivity (Wildman–Crippen MR) is 85.0 cm³/mol. The van der Waals surface area contributed by atoms with Gasteiger partial charge in [0, 0.05) is 11.6 Å². The first kappa shape index (κ1) is 15.1. The molecule has 0 radical (unpaired) electrons. The van der Waals surface area contributed by atoms with Crippen molar-refractivity contribution in [1.29, 1.82) is 0 Å². The van der Waals surface area contributed by atoms with Gasteiger partial charge in [0.2, 0.25) is 5.78 Å². The number of fused-ring (bicyclic) bond motifs is 1. The third-order valence-electron chi connectivity index (χ3n) is 3.76. The van der Waals surface area contributed by atoms with Crippen molar-refractivity contribution in [2.24, 2.45) is 0 Å². The smallest absolute Gasteiger partial charge is 0.213 e. The van der Waals surface area contributed by atoms with Crippen molar-refractivity contribution in [3.63, 3.8) is 0 Å². The molecule has 0 fully saturated rings. The van der Waals surface area contributed by atoms with Gasteiger partial charge in [-0.1, -0.05) is 30.3 Å². The van der Waals surface area contributed by atoms with E-state index in [9.17, 15) is 15.2 Å².